The maximum Gasteiger partial charge on any atom is 0.596 e. The van der Waals surface area contributed by atoms with Crippen LogP contribution in [-0.2, 0) is 11.2 Å². The summed E-state index contributed by atoms with van der Waals surface area (Å²) in [5.74, 6) is -0.148. The smallest absolute Gasteiger partial charge is 0.406 e. The molecule has 5 heteroatoms. The number of halogens is 1. The molecule has 1 heterocycles. The van der Waals surface area contributed by atoms with E-state index >= 15 is 0 Å². The zero-order chi connectivity index (χ0) is 17.9. The van der Waals surface area contributed by atoms with Gasteiger partial charge in [0.15, 0.2) is 12.3 Å². The second kappa shape index (κ2) is 7.43. The number of benzene rings is 1. The number of hydrogen-bond acceptors (Lipinski definition) is 3. The van der Waals surface area contributed by atoms with Gasteiger partial charge in [-0.05, 0) is 51.3 Å². The molecule has 0 aromatic heterocycles. The van der Waals surface area contributed by atoms with Gasteiger partial charge in [0.1, 0.15) is 11.4 Å². The van der Waals surface area contributed by atoms with Gasteiger partial charge < -0.3 is 4.74 Å². The van der Waals surface area contributed by atoms with E-state index in [0.29, 0.717) is 12.1 Å². The van der Waals surface area contributed by atoms with Crippen LogP contribution in [0.5, 0.6) is 0 Å². The Hall–Kier alpha value is -1.75. The topological polar surface area (TPSA) is 32.5 Å². The predicted octanol–water partition coefficient (Wildman–Crippen LogP) is 3.40. The first-order valence-corrected chi connectivity index (χ1v) is 8.46. The van der Waals surface area contributed by atoms with Crippen LogP contribution in [0.4, 0.5) is 9.18 Å². The zero-order valence-electron chi connectivity index (χ0n) is 15.4. The van der Waals surface area contributed by atoms with Crippen molar-refractivity contribution >= 4 is 11.8 Å². The Morgan fingerprint density at radius 3 is 2.62 bits per heavy atom. The Morgan fingerprint density at radius 2 is 2.04 bits per heavy atom. The molecule has 4 nitrogen and oxygen atoms in total. The third kappa shape index (κ3) is 5.13. The summed E-state index contributed by atoms with van der Waals surface area (Å²) in [6, 6.07) is 5.41. The van der Waals surface area contributed by atoms with E-state index in [-0.39, 0.29) is 11.9 Å². The van der Waals surface area contributed by atoms with E-state index in [1.54, 1.807) is 17.6 Å². The number of hydrogen-bond donors (Lipinski definition) is 0. The van der Waals surface area contributed by atoms with Crippen LogP contribution in [0.15, 0.2) is 18.2 Å². The Labute approximate surface area is 143 Å². The molecular formula is C19H28FN2O2+. The van der Waals surface area contributed by atoms with Crippen LogP contribution < -0.4 is 0 Å². The number of nitrogens with zero attached hydrogens (tertiary/aromatic N) is 2. The van der Waals surface area contributed by atoms with E-state index in [1.165, 1.54) is 0 Å². The normalized spacial score (nSPS) is 16.4. The first-order chi connectivity index (χ1) is 11.2. The standard InChI is InChI=1S/C19H28FN2O2/c1-14-6-7-16(12-17(14)20)8-9-21-10-11-22(15(2)13-21)18(23)24-19(3,4)5/h6-7,12H,8-11,13H2,1-5H3/q+1. The summed E-state index contributed by atoms with van der Waals surface area (Å²) in [6.07, 6.45) is 0.525. The Bertz CT molecular complexity index is 647. The Morgan fingerprint density at radius 1 is 1.33 bits per heavy atom. The average molecular weight is 335 g/mol. The fourth-order valence-electron chi connectivity index (χ4n) is 2.75. The van der Waals surface area contributed by atoms with Gasteiger partial charge in [0.25, 0.3) is 0 Å². The van der Waals surface area contributed by atoms with Gasteiger partial charge in [-0.15, -0.1) is 4.58 Å². The molecule has 0 atom stereocenters. The van der Waals surface area contributed by atoms with Gasteiger partial charge in [0.2, 0.25) is 0 Å². The molecule has 24 heavy (non-hydrogen) atoms. The van der Waals surface area contributed by atoms with Crippen LogP contribution >= 0.6 is 0 Å². The summed E-state index contributed by atoms with van der Waals surface area (Å²) in [5, 5.41) is 0. The predicted molar refractivity (Wildman–Crippen MR) is 93.3 cm³/mol. The minimum atomic E-state index is -0.482. The second-order valence-electron chi connectivity index (χ2n) is 7.48. The van der Waals surface area contributed by atoms with Crippen LogP contribution in [-0.4, -0.2) is 53.1 Å². The van der Waals surface area contributed by atoms with E-state index in [4.69, 9.17) is 4.74 Å². The maximum absolute atomic E-state index is 13.6. The van der Waals surface area contributed by atoms with Crippen molar-refractivity contribution in [1.29, 1.82) is 0 Å². The van der Waals surface area contributed by atoms with Crippen molar-refractivity contribution in [3.63, 3.8) is 0 Å². The van der Waals surface area contributed by atoms with Gasteiger partial charge in [-0.1, -0.05) is 12.1 Å². The highest BCUT2D eigenvalue weighted by Crippen LogP contribution is 2.12. The highest BCUT2D eigenvalue weighted by molar-refractivity contribution is 5.83. The number of rotatable bonds is 3. The van der Waals surface area contributed by atoms with Crippen molar-refractivity contribution in [1.82, 2.24) is 4.90 Å². The van der Waals surface area contributed by atoms with Crippen molar-refractivity contribution in [3.05, 3.63) is 35.1 Å². The van der Waals surface area contributed by atoms with Crippen molar-refractivity contribution in [3.8, 4) is 0 Å². The minimum absolute atomic E-state index is 0.148. The van der Waals surface area contributed by atoms with Crippen LogP contribution in [0.1, 0.15) is 38.8 Å². The molecule has 1 aliphatic rings. The van der Waals surface area contributed by atoms with Crippen molar-refractivity contribution in [2.24, 2.45) is 0 Å². The van der Waals surface area contributed by atoms with E-state index in [9.17, 15) is 9.18 Å². The lowest BCUT2D eigenvalue weighted by Gasteiger charge is -2.25. The van der Waals surface area contributed by atoms with Crippen LogP contribution in [0.2, 0.25) is 0 Å². The number of amides is 1. The highest BCUT2D eigenvalue weighted by Gasteiger charge is 2.32. The summed E-state index contributed by atoms with van der Waals surface area (Å²) in [4.78, 5) is 14.5. The van der Waals surface area contributed by atoms with Gasteiger partial charge in [-0.3, -0.25) is 4.90 Å². The van der Waals surface area contributed by atoms with E-state index in [1.807, 2.05) is 39.8 Å². The lowest BCUT2D eigenvalue weighted by Crippen LogP contribution is -2.47. The van der Waals surface area contributed by atoms with Crippen LogP contribution in [0.3, 0.4) is 0 Å². The zero-order valence-corrected chi connectivity index (χ0v) is 15.4. The second-order valence-corrected chi connectivity index (χ2v) is 7.48. The molecule has 0 saturated carbocycles. The Kier molecular flexibility index (Phi) is 5.75. The van der Waals surface area contributed by atoms with E-state index in [2.05, 4.69) is 4.90 Å². The summed E-state index contributed by atoms with van der Waals surface area (Å²) in [6.45, 7) is 12.4. The third-order valence-electron chi connectivity index (χ3n) is 4.12. The van der Waals surface area contributed by atoms with Gasteiger partial charge in [0, 0.05) is 13.5 Å². The lowest BCUT2D eigenvalue weighted by atomic mass is 10.1. The molecule has 0 N–H and O–H groups in total. The summed E-state index contributed by atoms with van der Waals surface area (Å²) >= 11 is 0. The lowest BCUT2D eigenvalue weighted by molar-refractivity contribution is -0.458. The number of aryl methyl sites for hydroxylation is 1. The molecule has 0 unspecified atom stereocenters. The molecule has 1 aromatic rings. The molecule has 1 amide bonds. The van der Waals surface area contributed by atoms with Crippen LogP contribution in [0, 0.1) is 12.7 Å². The number of ether oxygens (including phenoxy) is 1. The first kappa shape index (κ1) is 18.6. The maximum atomic E-state index is 13.6. The van der Waals surface area contributed by atoms with Gasteiger partial charge in [-0.25, -0.2) is 4.39 Å². The SMILES string of the molecule is CC1=[N+](C(=O)OC(C)(C)C)CCN(CCc2ccc(C)c(F)c2)C1. The quantitative estimate of drug-likeness (QED) is 0.794. The summed E-state index contributed by atoms with van der Waals surface area (Å²) < 4.78 is 20.8. The van der Waals surface area contributed by atoms with Crippen molar-refractivity contribution in [2.75, 3.05) is 26.2 Å². The fraction of sp³-hybridized carbons (Fsp3) is 0.579. The van der Waals surface area contributed by atoms with Crippen LogP contribution in [0.25, 0.3) is 0 Å². The summed E-state index contributed by atoms with van der Waals surface area (Å²) in [7, 11) is 0. The molecule has 0 fully saturated rings. The molecule has 132 valence electrons. The van der Waals surface area contributed by atoms with E-state index < -0.39 is 5.60 Å². The molecule has 0 saturated heterocycles. The monoisotopic (exact) mass is 335 g/mol. The minimum Gasteiger partial charge on any atom is -0.406 e. The number of carbonyl (C=O) groups is 1. The fourth-order valence-corrected chi connectivity index (χ4v) is 2.75. The molecule has 0 spiro atoms. The third-order valence-corrected chi connectivity index (χ3v) is 4.12. The highest BCUT2D eigenvalue weighted by atomic mass is 19.1. The van der Waals surface area contributed by atoms with Gasteiger partial charge >= 0.3 is 6.09 Å². The average Bonchev–Trinajstić information content (AvgIpc) is 2.46. The molecular weight excluding hydrogens is 307 g/mol. The molecule has 0 bridgehead atoms. The number of carbonyl (C=O) groups excluding carboxylic acids is 1. The van der Waals surface area contributed by atoms with Gasteiger partial charge in [0.05, 0.1) is 13.1 Å². The van der Waals surface area contributed by atoms with Gasteiger partial charge in [-0.2, -0.15) is 4.79 Å². The first-order valence-electron chi connectivity index (χ1n) is 8.46. The summed E-state index contributed by atoms with van der Waals surface area (Å²) in [5.41, 5.74) is 2.19. The molecule has 1 aromatic carbocycles. The van der Waals surface area contributed by atoms with E-state index in [0.717, 1.165) is 37.3 Å². The Balaban J connectivity index is 1.92. The largest absolute Gasteiger partial charge is 0.596 e. The van der Waals surface area contributed by atoms with Crippen molar-refractivity contribution < 1.29 is 18.5 Å². The molecule has 0 radical (unpaired) electrons. The van der Waals surface area contributed by atoms with Crippen molar-refractivity contribution in [2.45, 2.75) is 46.6 Å². The molecule has 2 rings (SSSR count). The molecule has 0 aliphatic carbocycles. The molecule has 1 aliphatic heterocycles.